The Kier molecular flexibility index (Phi) is 3.38. The third kappa shape index (κ3) is 3.04. The van der Waals surface area contributed by atoms with Crippen molar-refractivity contribution in [1.82, 2.24) is 5.32 Å². The van der Waals surface area contributed by atoms with Crippen molar-refractivity contribution < 1.29 is 9.69 Å². The molecule has 1 heterocycles. The fourth-order valence-electron chi connectivity index (χ4n) is 1.80. The summed E-state index contributed by atoms with van der Waals surface area (Å²) in [5.41, 5.74) is 1.28. The van der Waals surface area contributed by atoms with Gasteiger partial charge in [-0.2, -0.15) is 0 Å². The van der Waals surface area contributed by atoms with Crippen LogP contribution in [0.5, 0.6) is 0 Å². The van der Waals surface area contributed by atoms with Crippen LogP contribution >= 0.6 is 15.9 Å². The number of nitrogens with one attached hydrogen (secondary N) is 2. The van der Waals surface area contributed by atoms with Gasteiger partial charge in [-0.15, -0.1) is 0 Å². The first-order chi connectivity index (χ1) is 7.24. The summed E-state index contributed by atoms with van der Waals surface area (Å²) >= 11 is 3.41. The van der Waals surface area contributed by atoms with E-state index in [2.05, 4.69) is 33.4 Å². The maximum absolute atomic E-state index is 11.2. The molecule has 0 radical (unpaired) electrons. The number of piperazine rings is 1. The van der Waals surface area contributed by atoms with Gasteiger partial charge in [0.25, 0.3) is 5.91 Å². The van der Waals surface area contributed by atoms with Crippen LogP contribution in [0, 0.1) is 0 Å². The van der Waals surface area contributed by atoms with Crippen LogP contribution in [0.25, 0.3) is 0 Å². The maximum Gasteiger partial charge on any atom is 0.275 e. The van der Waals surface area contributed by atoms with E-state index in [1.54, 1.807) is 0 Å². The number of carbonyl (C=O) groups is 1. The molecule has 1 unspecified atom stereocenters. The first-order valence-electron chi connectivity index (χ1n) is 5.09. The van der Waals surface area contributed by atoms with E-state index in [9.17, 15) is 4.79 Å². The first-order valence-corrected chi connectivity index (χ1v) is 5.88. The summed E-state index contributed by atoms with van der Waals surface area (Å²) in [7, 11) is 0. The molecule has 1 aliphatic heterocycles. The van der Waals surface area contributed by atoms with Gasteiger partial charge in [-0.25, -0.2) is 0 Å². The highest BCUT2D eigenvalue weighted by Crippen LogP contribution is 2.09. The van der Waals surface area contributed by atoms with Crippen LogP contribution in [-0.4, -0.2) is 25.5 Å². The zero-order valence-electron chi connectivity index (χ0n) is 8.42. The summed E-state index contributed by atoms with van der Waals surface area (Å²) < 4.78 is 1.10. The number of hydrogen-bond acceptors (Lipinski definition) is 1. The lowest BCUT2D eigenvalue weighted by molar-refractivity contribution is -0.907. The summed E-state index contributed by atoms with van der Waals surface area (Å²) in [5.74, 6) is 0.161. The van der Waals surface area contributed by atoms with Crippen molar-refractivity contribution in [3.05, 3.63) is 34.3 Å². The van der Waals surface area contributed by atoms with Gasteiger partial charge in [-0.1, -0.05) is 28.1 Å². The van der Waals surface area contributed by atoms with Gasteiger partial charge in [0.1, 0.15) is 6.54 Å². The van der Waals surface area contributed by atoms with Crippen LogP contribution in [-0.2, 0) is 11.3 Å². The largest absolute Gasteiger partial charge is 0.346 e. The number of rotatable bonds is 2. The highest BCUT2D eigenvalue weighted by atomic mass is 79.9. The number of amides is 1. The van der Waals surface area contributed by atoms with Gasteiger partial charge >= 0.3 is 0 Å². The first kappa shape index (κ1) is 10.6. The predicted octanol–water partition coefficient (Wildman–Crippen LogP) is -0.0362. The van der Waals surface area contributed by atoms with Gasteiger partial charge < -0.3 is 10.2 Å². The third-order valence-electron chi connectivity index (χ3n) is 2.58. The minimum Gasteiger partial charge on any atom is -0.346 e. The second-order valence-corrected chi connectivity index (χ2v) is 4.75. The van der Waals surface area contributed by atoms with Crippen LogP contribution in [0.2, 0.25) is 0 Å². The highest BCUT2D eigenvalue weighted by Gasteiger charge is 2.19. The topological polar surface area (TPSA) is 33.5 Å². The van der Waals surface area contributed by atoms with E-state index in [0.29, 0.717) is 6.54 Å². The zero-order chi connectivity index (χ0) is 10.7. The van der Waals surface area contributed by atoms with Gasteiger partial charge in [0.05, 0.1) is 13.1 Å². The lowest BCUT2D eigenvalue weighted by Gasteiger charge is -2.23. The summed E-state index contributed by atoms with van der Waals surface area (Å²) in [5, 5.41) is 2.84. The fraction of sp³-hybridized carbons (Fsp3) is 0.364. The van der Waals surface area contributed by atoms with Crippen LogP contribution in [0.3, 0.4) is 0 Å². The lowest BCUT2D eigenvalue weighted by atomic mass is 10.2. The van der Waals surface area contributed by atoms with Crippen molar-refractivity contribution in [3.63, 3.8) is 0 Å². The molecule has 0 saturated carbocycles. The van der Waals surface area contributed by atoms with Crippen molar-refractivity contribution in [1.29, 1.82) is 0 Å². The molecule has 3 nitrogen and oxygen atoms in total. The molecule has 1 aliphatic rings. The molecule has 0 aromatic heterocycles. The van der Waals surface area contributed by atoms with Gasteiger partial charge in [0, 0.05) is 10.0 Å². The summed E-state index contributed by atoms with van der Waals surface area (Å²) in [6.07, 6.45) is 0. The molecule has 2 rings (SSSR count). The Morgan fingerprint density at radius 2 is 2.07 bits per heavy atom. The number of carbonyl (C=O) groups excluding carboxylic acids is 1. The second kappa shape index (κ2) is 4.77. The minimum absolute atomic E-state index is 0.161. The van der Waals surface area contributed by atoms with E-state index in [1.807, 2.05) is 12.1 Å². The molecule has 2 N–H and O–H groups in total. The van der Waals surface area contributed by atoms with E-state index in [1.165, 1.54) is 10.5 Å². The number of benzene rings is 1. The van der Waals surface area contributed by atoms with E-state index in [4.69, 9.17) is 0 Å². The summed E-state index contributed by atoms with van der Waals surface area (Å²) in [6, 6.07) is 8.28. The number of quaternary nitrogens is 1. The molecule has 0 bridgehead atoms. The Hall–Kier alpha value is -0.870. The van der Waals surface area contributed by atoms with Crippen molar-refractivity contribution in [2.45, 2.75) is 6.54 Å². The van der Waals surface area contributed by atoms with Gasteiger partial charge in [0.2, 0.25) is 0 Å². The molecule has 0 spiro atoms. The van der Waals surface area contributed by atoms with Crippen LogP contribution in [0.15, 0.2) is 28.7 Å². The van der Waals surface area contributed by atoms with E-state index >= 15 is 0 Å². The maximum atomic E-state index is 11.2. The average Bonchev–Trinajstić information content (AvgIpc) is 2.22. The quantitative estimate of drug-likeness (QED) is 0.777. The van der Waals surface area contributed by atoms with Crippen molar-refractivity contribution in [2.24, 2.45) is 0 Å². The highest BCUT2D eigenvalue weighted by molar-refractivity contribution is 9.10. The van der Waals surface area contributed by atoms with E-state index < -0.39 is 0 Å². The Morgan fingerprint density at radius 1 is 1.33 bits per heavy atom. The van der Waals surface area contributed by atoms with Crippen LogP contribution in [0.4, 0.5) is 0 Å². The Labute approximate surface area is 97.6 Å². The van der Waals surface area contributed by atoms with Gasteiger partial charge in [-0.3, -0.25) is 4.79 Å². The molecule has 0 aliphatic carbocycles. The third-order valence-corrected chi connectivity index (χ3v) is 3.11. The van der Waals surface area contributed by atoms with E-state index in [-0.39, 0.29) is 5.91 Å². The second-order valence-electron chi connectivity index (χ2n) is 3.83. The number of halogens is 1. The molecular formula is C11H14BrN2O+. The average molecular weight is 270 g/mol. The van der Waals surface area contributed by atoms with Crippen LogP contribution in [0.1, 0.15) is 5.56 Å². The van der Waals surface area contributed by atoms with Crippen molar-refractivity contribution >= 4 is 21.8 Å². The van der Waals surface area contributed by atoms with E-state index in [0.717, 1.165) is 24.1 Å². The molecule has 1 saturated heterocycles. The SMILES string of the molecule is O=C1C[NH+](Cc2ccc(Br)cc2)CCN1. The van der Waals surface area contributed by atoms with Crippen LogP contribution < -0.4 is 10.2 Å². The molecule has 1 atom stereocenters. The van der Waals surface area contributed by atoms with Crippen molar-refractivity contribution in [3.8, 4) is 0 Å². The molecule has 80 valence electrons. The van der Waals surface area contributed by atoms with Gasteiger partial charge in [-0.05, 0) is 12.1 Å². The lowest BCUT2D eigenvalue weighted by Crippen LogP contribution is -3.14. The molecular weight excluding hydrogens is 256 g/mol. The Balaban J connectivity index is 1.96. The molecule has 4 heteroatoms. The summed E-state index contributed by atoms with van der Waals surface area (Å²) in [6.45, 7) is 3.34. The normalized spacial score (nSPS) is 21.1. The van der Waals surface area contributed by atoms with Gasteiger partial charge in [0.15, 0.2) is 6.54 Å². The zero-order valence-corrected chi connectivity index (χ0v) is 10.0. The smallest absolute Gasteiger partial charge is 0.275 e. The molecule has 1 aromatic rings. The Bertz CT molecular complexity index is 350. The molecule has 1 fully saturated rings. The minimum atomic E-state index is 0.161. The van der Waals surface area contributed by atoms with Crippen molar-refractivity contribution in [2.75, 3.05) is 19.6 Å². The Morgan fingerprint density at radius 3 is 2.73 bits per heavy atom. The summed E-state index contributed by atoms with van der Waals surface area (Å²) in [4.78, 5) is 12.5. The molecule has 1 aromatic carbocycles. The monoisotopic (exact) mass is 269 g/mol. The predicted molar refractivity (Wildman–Crippen MR) is 61.6 cm³/mol. The fourth-order valence-corrected chi connectivity index (χ4v) is 2.06. The standard InChI is InChI=1S/C11H13BrN2O/c12-10-3-1-9(2-4-10)7-14-6-5-13-11(15)8-14/h1-4H,5-8H2,(H,13,15)/p+1. The molecule has 1 amide bonds. The number of hydrogen-bond donors (Lipinski definition) is 2. The molecule has 15 heavy (non-hydrogen) atoms.